The predicted octanol–water partition coefficient (Wildman–Crippen LogP) is 1.82. The maximum absolute atomic E-state index is 13.7. The second kappa shape index (κ2) is 4.18. The number of fused-ring (bicyclic) bond motifs is 1. The van der Waals surface area contributed by atoms with Crippen molar-refractivity contribution in [2.75, 3.05) is 0 Å². The van der Waals surface area contributed by atoms with E-state index in [-0.39, 0.29) is 5.82 Å². The molecule has 0 saturated heterocycles. The summed E-state index contributed by atoms with van der Waals surface area (Å²) in [4.78, 5) is 13.7. The third-order valence-electron chi connectivity index (χ3n) is 3.00. The highest BCUT2D eigenvalue weighted by molar-refractivity contribution is 5.85. The average molecular weight is 236 g/mol. The molecular weight excluding hydrogens is 223 g/mol. The largest absolute Gasteiger partial charge is 0.480 e. The molecule has 0 saturated carbocycles. The van der Waals surface area contributed by atoms with Crippen LogP contribution < -0.4 is 5.73 Å². The van der Waals surface area contributed by atoms with E-state index in [0.717, 1.165) is 0 Å². The van der Waals surface area contributed by atoms with Gasteiger partial charge in [0.05, 0.1) is 0 Å². The fraction of sp³-hybridized carbons (Fsp3) is 0.250. The number of halogens is 1. The first-order valence-electron chi connectivity index (χ1n) is 5.26. The molecule has 0 amide bonds. The topological polar surface area (TPSA) is 79.1 Å². The Balaban J connectivity index is 2.52. The molecule has 2 unspecified atom stereocenters. The fourth-order valence-electron chi connectivity index (χ4n) is 1.93. The summed E-state index contributed by atoms with van der Waals surface area (Å²) in [5.74, 6) is -1.93. The van der Waals surface area contributed by atoms with E-state index in [0.29, 0.717) is 16.5 Å². The highest BCUT2D eigenvalue weighted by Crippen LogP contribution is 2.29. The summed E-state index contributed by atoms with van der Waals surface area (Å²) in [5, 5.41) is 9.28. The van der Waals surface area contributed by atoms with Crippen LogP contribution in [0, 0.1) is 5.82 Å². The normalized spacial score (nSPS) is 14.8. The van der Waals surface area contributed by atoms with Crippen molar-refractivity contribution in [3.05, 3.63) is 35.8 Å². The fourth-order valence-corrected chi connectivity index (χ4v) is 1.93. The molecule has 0 spiro atoms. The number of carboxylic acid groups (broad SMARTS) is 1. The smallest absolute Gasteiger partial charge is 0.321 e. The minimum absolute atomic E-state index is 0.372. The first kappa shape index (κ1) is 11.6. The summed E-state index contributed by atoms with van der Waals surface area (Å²) in [7, 11) is 0. The average Bonchev–Trinajstić information content (AvgIpc) is 2.72. The SMILES string of the molecule is CC(c1c[nH]c2cccc(F)c12)C(N)C(=O)O. The van der Waals surface area contributed by atoms with E-state index in [1.165, 1.54) is 6.07 Å². The van der Waals surface area contributed by atoms with Crippen LogP contribution in [0.15, 0.2) is 24.4 Å². The summed E-state index contributed by atoms with van der Waals surface area (Å²) >= 11 is 0. The van der Waals surface area contributed by atoms with Crippen molar-refractivity contribution in [2.45, 2.75) is 18.9 Å². The first-order chi connectivity index (χ1) is 8.02. The molecule has 2 atom stereocenters. The van der Waals surface area contributed by atoms with Gasteiger partial charge in [0.1, 0.15) is 11.9 Å². The Labute approximate surface area is 97.2 Å². The zero-order valence-corrected chi connectivity index (χ0v) is 9.27. The van der Waals surface area contributed by atoms with E-state index in [2.05, 4.69) is 4.98 Å². The van der Waals surface area contributed by atoms with Crippen LogP contribution in [0.2, 0.25) is 0 Å². The van der Waals surface area contributed by atoms with Gasteiger partial charge in [0, 0.05) is 23.0 Å². The van der Waals surface area contributed by atoms with E-state index >= 15 is 0 Å². The van der Waals surface area contributed by atoms with Gasteiger partial charge in [0.2, 0.25) is 0 Å². The maximum atomic E-state index is 13.7. The first-order valence-corrected chi connectivity index (χ1v) is 5.26. The number of aliphatic carboxylic acids is 1. The van der Waals surface area contributed by atoms with Gasteiger partial charge >= 0.3 is 5.97 Å². The zero-order valence-electron chi connectivity index (χ0n) is 9.27. The van der Waals surface area contributed by atoms with Gasteiger partial charge in [-0.2, -0.15) is 0 Å². The highest BCUT2D eigenvalue weighted by Gasteiger charge is 2.24. The van der Waals surface area contributed by atoms with Crippen molar-refractivity contribution in [2.24, 2.45) is 5.73 Å². The molecule has 2 aromatic rings. The quantitative estimate of drug-likeness (QED) is 0.760. The van der Waals surface area contributed by atoms with Gasteiger partial charge in [-0.15, -0.1) is 0 Å². The summed E-state index contributed by atoms with van der Waals surface area (Å²) in [5.41, 5.74) is 6.79. The van der Waals surface area contributed by atoms with Crippen LogP contribution in [0.4, 0.5) is 4.39 Å². The molecule has 1 aromatic carbocycles. The Morgan fingerprint density at radius 3 is 2.88 bits per heavy atom. The third kappa shape index (κ3) is 1.89. The van der Waals surface area contributed by atoms with Gasteiger partial charge in [-0.05, 0) is 17.7 Å². The molecule has 0 bridgehead atoms. The van der Waals surface area contributed by atoms with Gasteiger partial charge < -0.3 is 15.8 Å². The van der Waals surface area contributed by atoms with Gasteiger partial charge in [-0.1, -0.05) is 13.0 Å². The lowest BCUT2D eigenvalue weighted by atomic mass is 9.93. The molecule has 0 aliphatic heterocycles. The molecule has 4 N–H and O–H groups in total. The Morgan fingerprint density at radius 1 is 1.53 bits per heavy atom. The van der Waals surface area contributed by atoms with E-state index in [1.54, 1.807) is 25.3 Å². The Kier molecular flexibility index (Phi) is 2.85. The van der Waals surface area contributed by atoms with Crippen LogP contribution in [0.5, 0.6) is 0 Å². The molecule has 0 fully saturated rings. The van der Waals surface area contributed by atoms with Crippen LogP contribution in [0.1, 0.15) is 18.4 Å². The number of nitrogens with two attached hydrogens (primary N) is 1. The van der Waals surface area contributed by atoms with Crippen molar-refractivity contribution >= 4 is 16.9 Å². The standard InChI is InChI=1S/C12H13FN2O2/c1-6(11(14)12(16)17)7-5-15-9-4-2-3-8(13)10(7)9/h2-6,11,15H,14H2,1H3,(H,16,17). The number of nitrogens with one attached hydrogen (secondary N) is 1. The van der Waals surface area contributed by atoms with Crippen LogP contribution in [-0.4, -0.2) is 22.1 Å². The lowest BCUT2D eigenvalue weighted by Crippen LogP contribution is -2.35. The van der Waals surface area contributed by atoms with Crippen LogP contribution >= 0.6 is 0 Å². The summed E-state index contributed by atoms with van der Waals surface area (Å²) in [6, 6.07) is 3.63. The van der Waals surface area contributed by atoms with E-state index in [4.69, 9.17) is 10.8 Å². The number of hydrogen-bond donors (Lipinski definition) is 3. The molecule has 17 heavy (non-hydrogen) atoms. The van der Waals surface area contributed by atoms with Crippen molar-refractivity contribution in [1.29, 1.82) is 0 Å². The van der Waals surface area contributed by atoms with Gasteiger partial charge in [-0.25, -0.2) is 4.39 Å². The summed E-state index contributed by atoms with van der Waals surface area (Å²) in [6.45, 7) is 1.67. The number of benzene rings is 1. The molecule has 90 valence electrons. The number of H-pyrrole nitrogens is 1. The lowest BCUT2D eigenvalue weighted by Gasteiger charge is -2.15. The predicted molar refractivity (Wildman–Crippen MR) is 62.3 cm³/mol. The number of aromatic amines is 1. The maximum Gasteiger partial charge on any atom is 0.321 e. The van der Waals surface area contributed by atoms with Crippen molar-refractivity contribution in [3.63, 3.8) is 0 Å². The summed E-state index contributed by atoms with van der Waals surface area (Å²) < 4.78 is 13.7. The van der Waals surface area contributed by atoms with E-state index in [9.17, 15) is 9.18 Å². The number of carboxylic acids is 1. The minimum atomic E-state index is -1.09. The number of carbonyl (C=O) groups is 1. The Bertz CT molecular complexity index is 565. The van der Waals surface area contributed by atoms with Crippen molar-refractivity contribution in [1.82, 2.24) is 4.98 Å². The molecular formula is C12H13FN2O2. The highest BCUT2D eigenvalue weighted by atomic mass is 19.1. The second-order valence-corrected chi connectivity index (χ2v) is 4.06. The Morgan fingerprint density at radius 2 is 2.24 bits per heavy atom. The lowest BCUT2D eigenvalue weighted by molar-refractivity contribution is -0.138. The van der Waals surface area contributed by atoms with Crippen molar-refractivity contribution in [3.8, 4) is 0 Å². The van der Waals surface area contributed by atoms with Gasteiger partial charge in [0.25, 0.3) is 0 Å². The zero-order chi connectivity index (χ0) is 12.6. The van der Waals surface area contributed by atoms with Crippen LogP contribution in [-0.2, 0) is 4.79 Å². The van der Waals surface area contributed by atoms with Crippen LogP contribution in [0.25, 0.3) is 10.9 Å². The molecule has 5 heteroatoms. The van der Waals surface area contributed by atoms with Crippen molar-refractivity contribution < 1.29 is 14.3 Å². The van der Waals surface area contributed by atoms with Crippen LogP contribution in [0.3, 0.4) is 0 Å². The molecule has 0 aliphatic carbocycles. The minimum Gasteiger partial charge on any atom is -0.480 e. The third-order valence-corrected chi connectivity index (χ3v) is 3.00. The van der Waals surface area contributed by atoms with Gasteiger partial charge in [-0.3, -0.25) is 4.79 Å². The number of rotatable bonds is 3. The van der Waals surface area contributed by atoms with Gasteiger partial charge in [0.15, 0.2) is 0 Å². The molecule has 2 rings (SSSR count). The molecule has 1 heterocycles. The number of hydrogen-bond acceptors (Lipinski definition) is 2. The Hall–Kier alpha value is -1.88. The number of aromatic nitrogens is 1. The van der Waals surface area contributed by atoms with E-state index < -0.39 is 17.9 Å². The molecule has 1 aromatic heterocycles. The molecule has 0 radical (unpaired) electrons. The summed E-state index contributed by atoms with van der Waals surface area (Å²) in [6.07, 6.45) is 1.61. The van der Waals surface area contributed by atoms with E-state index in [1.807, 2.05) is 0 Å². The molecule has 0 aliphatic rings. The second-order valence-electron chi connectivity index (χ2n) is 4.06. The monoisotopic (exact) mass is 236 g/mol. The molecule has 4 nitrogen and oxygen atoms in total.